The minimum absolute atomic E-state index is 0.577. The van der Waals surface area contributed by atoms with Crippen LogP contribution in [0.25, 0.3) is 0 Å². The topological polar surface area (TPSA) is 12.0 Å². The fraction of sp³-hybridized carbons (Fsp3) is 1.00. The van der Waals surface area contributed by atoms with Gasteiger partial charge in [0.05, 0.1) is 6.00 Å². The number of nitrogens with one attached hydrogen (secondary N) is 1. The monoisotopic (exact) mass is 107 g/mol. The molecule has 1 nitrogen and oxygen atoms in total. The van der Waals surface area contributed by atoms with Crippen molar-refractivity contribution < 1.29 is 0 Å². The SMILES string of the molecule is CCCNCCl. The Bertz CT molecular complexity index is 19.5. The Balaban J connectivity index is 2.34. The average molecular weight is 108 g/mol. The first kappa shape index (κ1) is 6.25. The third kappa shape index (κ3) is 4.25. The molecule has 0 bridgehead atoms. The summed E-state index contributed by atoms with van der Waals surface area (Å²) in [6, 6.07) is 0.577. The van der Waals surface area contributed by atoms with Gasteiger partial charge < -0.3 is 5.32 Å². The highest BCUT2D eigenvalue weighted by Crippen LogP contribution is 1.69. The van der Waals surface area contributed by atoms with E-state index in [0.717, 1.165) is 13.0 Å². The zero-order chi connectivity index (χ0) is 4.83. The molecule has 0 radical (unpaired) electrons. The van der Waals surface area contributed by atoms with E-state index >= 15 is 0 Å². The van der Waals surface area contributed by atoms with Gasteiger partial charge >= 0.3 is 0 Å². The molecule has 0 amide bonds. The summed E-state index contributed by atoms with van der Waals surface area (Å²) in [4.78, 5) is 0. The van der Waals surface area contributed by atoms with Gasteiger partial charge in [-0.15, -0.1) is 11.6 Å². The Labute approximate surface area is 43.7 Å². The van der Waals surface area contributed by atoms with Crippen molar-refractivity contribution in [3.8, 4) is 0 Å². The molecule has 0 aromatic rings. The third-order valence-electron chi connectivity index (χ3n) is 0.521. The van der Waals surface area contributed by atoms with Crippen molar-refractivity contribution in [1.82, 2.24) is 5.32 Å². The quantitative estimate of drug-likeness (QED) is 0.325. The lowest BCUT2D eigenvalue weighted by Gasteiger charge is -1.90. The highest BCUT2D eigenvalue weighted by molar-refractivity contribution is 6.17. The molecular formula is C4H10ClN. The van der Waals surface area contributed by atoms with Gasteiger partial charge in [0.1, 0.15) is 0 Å². The zero-order valence-electron chi connectivity index (χ0n) is 4.00. The normalized spacial score (nSPS) is 9.00. The smallest absolute Gasteiger partial charge is 0.0713 e. The first-order valence-corrected chi connectivity index (χ1v) is 2.72. The van der Waals surface area contributed by atoms with Crippen LogP contribution < -0.4 is 5.32 Å². The molecule has 0 heterocycles. The molecule has 0 atom stereocenters. The van der Waals surface area contributed by atoms with Gasteiger partial charge in [-0.2, -0.15) is 0 Å². The third-order valence-corrected chi connectivity index (χ3v) is 0.710. The standard InChI is InChI=1S/C4H10ClN/c1-2-3-6-4-5/h6H,2-4H2,1H3. The van der Waals surface area contributed by atoms with Crippen molar-refractivity contribution in [2.45, 2.75) is 13.3 Å². The van der Waals surface area contributed by atoms with E-state index in [2.05, 4.69) is 12.2 Å². The van der Waals surface area contributed by atoms with Gasteiger partial charge in [-0.3, -0.25) is 0 Å². The minimum atomic E-state index is 0.577. The highest BCUT2D eigenvalue weighted by atomic mass is 35.5. The molecule has 38 valence electrons. The molecule has 6 heavy (non-hydrogen) atoms. The minimum Gasteiger partial charge on any atom is -0.304 e. The first-order chi connectivity index (χ1) is 2.91. The predicted octanol–water partition coefficient (Wildman–Crippen LogP) is 1.18. The molecule has 0 fully saturated rings. The van der Waals surface area contributed by atoms with E-state index in [1.54, 1.807) is 0 Å². The Hall–Kier alpha value is 0.250. The Morgan fingerprint density at radius 1 is 1.67 bits per heavy atom. The highest BCUT2D eigenvalue weighted by Gasteiger charge is 1.72. The number of hydrogen-bond acceptors (Lipinski definition) is 1. The van der Waals surface area contributed by atoms with E-state index in [4.69, 9.17) is 11.6 Å². The summed E-state index contributed by atoms with van der Waals surface area (Å²) in [5, 5.41) is 2.96. The fourth-order valence-electron chi connectivity index (χ4n) is 0.244. The Morgan fingerprint density at radius 3 is 2.50 bits per heavy atom. The lowest BCUT2D eigenvalue weighted by atomic mass is 10.5. The van der Waals surface area contributed by atoms with Gasteiger partial charge in [0.25, 0.3) is 0 Å². The fourth-order valence-corrected chi connectivity index (χ4v) is 0.377. The molecule has 0 spiro atoms. The lowest BCUT2D eigenvalue weighted by Crippen LogP contribution is -2.10. The molecule has 0 aromatic heterocycles. The Morgan fingerprint density at radius 2 is 2.33 bits per heavy atom. The van der Waals surface area contributed by atoms with Gasteiger partial charge in [0, 0.05) is 0 Å². The van der Waals surface area contributed by atoms with Crippen molar-refractivity contribution in [3.63, 3.8) is 0 Å². The van der Waals surface area contributed by atoms with Gasteiger partial charge in [0.15, 0.2) is 0 Å². The van der Waals surface area contributed by atoms with Gasteiger partial charge in [0.2, 0.25) is 0 Å². The van der Waals surface area contributed by atoms with Crippen LogP contribution in [0.5, 0.6) is 0 Å². The molecule has 0 saturated carbocycles. The van der Waals surface area contributed by atoms with Crippen LogP contribution in [0.15, 0.2) is 0 Å². The van der Waals surface area contributed by atoms with Crippen LogP contribution in [-0.2, 0) is 0 Å². The van der Waals surface area contributed by atoms with Crippen LogP contribution in [0.2, 0.25) is 0 Å². The van der Waals surface area contributed by atoms with Crippen LogP contribution in [0.1, 0.15) is 13.3 Å². The van der Waals surface area contributed by atoms with Crippen molar-refractivity contribution in [3.05, 3.63) is 0 Å². The van der Waals surface area contributed by atoms with Crippen molar-refractivity contribution >= 4 is 11.6 Å². The number of alkyl halides is 1. The number of hydrogen-bond donors (Lipinski definition) is 1. The summed E-state index contributed by atoms with van der Waals surface area (Å²) in [6.07, 6.45) is 1.16. The maximum atomic E-state index is 5.27. The summed E-state index contributed by atoms with van der Waals surface area (Å²) >= 11 is 5.27. The summed E-state index contributed by atoms with van der Waals surface area (Å²) in [5.41, 5.74) is 0. The van der Waals surface area contributed by atoms with Crippen LogP contribution >= 0.6 is 11.6 Å². The summed E-state index contributed by atoms with van der Waals surface area (Å²) in [7, 11) is 0. The molecular weight excluding hydrogens is 97.5 g/mol. The van der Waals surface area contributed by atoms with E-state index < -0.39 is 0 Å². The van der Waals surface area contributed by atoms with Crippen LogP contribution in [-0.4, -0.2) is 12.5 Å². The van der Waals surface area contributed by atoms with Gasteiger partial charge in [-0.1, -0.05) is 6.92 Å². The molecule has 0 rings (SSSR count). The van der Waals surface area contributed by atoms with Gasteiger partial charge in [-0.25, -0.2) is 0 Å². The molecule has 0 saturated heterocycles. The maximum absolute atomic E-state index is 5.27. The summed E-state index contributed by atoms with van der Waals surface area (Å²) < 4.78 is 0. The van der Waals surface area contributed by atoms with E-state index in [1.165, 1.54) is 0 Å². The van der Waals surface area contributed by atoms with Crippen LogP contribution in [0.3, 0.4) is 0 Å². The maximum Gasteiger partial charge on any atom is 0.0713 e. The van der Waals surface area contributed by atoms with Crippen LogP contribution in [0.4, 0.5) is 0 Å². The molecule has 1 N–H and O–H groups in total. The number of halogens is 1. The van der Waals surface area contributed by atoms with E-state index in [0.29, 0.717) is 6.00 Å². The van der Waals surface area contributed by atoms with Crippen molar-refractivity contribution in [1.29, 1.82) is 0 Å². The number of rotatable bonds is 3. The average Bonchev–Trinajstić information content (AvgIpc) is 1.61. The second-order valence-electron chi connectivity index (χ2n) is 1.13. The molecule has 0 aliphatic carbocycles. The molecule has 0 unspecified atom stereocenters. The molecule has 0 aliphatic heterocycles. The zero-order valence-corrected chi connectivity index (χ0v) is 4.76. The summed E-state index contributed by atoms with van der Waals surface area (Å²) in [6.45, 7) is 3.14. The largest absolute Gasteiger partial charge is 0.304 e. The lowest BCUT2D eigenvalue weighted by molar-refractivity contribution is 0.753. The van der Waals surface area contributed by atoms with Crippen molar-refractivity contribution in [2.75, 3.05) is 12.5 Å². The van der Waals surface area contributed by atoms with E-state index in [-0.39, 0.29) is 0 Å². The second-order valence-corrected chi connectivity index (χ2v) is 1.40. The molecule has 2 heteroatoms. The Kier molecular flexibility index (Phi) is 5.47. The summed E-state index contributed by atoms with van der Waals surface area (Å²) in [5.74, 6) is 0. The van der Waals surface area contributed by atoms with Gasteiger partial charge in [-0.05, 0) is 13.0 Å². The van der Waals surface area contributed by atoms with E-state index in [1.807, 2.05) is 0 Å². The molecule has 0 aliphatic rings. The second kappa shape index (κ2) is 5.25. The predicted molar refractivity (Wildman–Crippen MR) is 29.0 cm³/mol. The van der Waals surface area contributed by atoms with E-state index in [9.17, 15) is 0 Å². The first-order valence-electron chi connectivity index (χ1n) is 2.18. The molecule has 0 aromatic carbocycles. The van der Waals surface area contributed by atoms with Crippen LogP contribution in [0, 0.1) is 0 Å². The van der Waals surface area contributed by atoms with Crippen molar-refractivity contribution in [2.24, 2.45) is 0 Å².